The van der Waals surface area contributed by atoms with Crippen molar-refractivity contribution in [3.63, 3.8) is 0 Å². The predicted molar refractivity (Wildman–Crippen MR) is 81.6 cm³/mol. The van der Waals surface area contributed by atoms with E-state index in [4.69, 9.17) is 0 Å². The molecule has 0 radical (unpaired) electrons. The van der Waals surface area contributed by atoms with Gasteiger partial charge in [0.05, 0.1) is 0 Å². The first-order chi connectivity index (χ1) is 8.58. The van der Waals surface area contributed by atoms with Crippen molar-refractivity contribution in [3.05, 3.63) is 0 Å². The van der Waals surface area contributed by atoms with Crippen LogP contribution in [0.3, 0.4) is 0 Å². The number of carbonyl (C=O) groups is 1. The molecule has 112 valence electrons. The van der Waals surface area contributed by atoms with Gasteiger partial charge in [0, 0.05) is 19.0 Å². The van der Waals surface area contributed by atoms with E-state index in [0.717, 1.165) is 26.1 Å². The fourth-order valence-corrected chi connectivity index (χ4v) is 3.57. The number of halogens is 1. The summed E-state index contributed by atoms with van der Waals surface area (Å²) in [6.45, 7) is 9.90. The summed E-state index contributed by atoms with van der Waals surface area (Å²) in [6, 6.07) is 0.448. The van der Waals surface area contributed by atoms with Crippen LogP contribution in [0, 0.1) is 17.8 Å². The Balaban J connectivity index is 0.00000180. The van der Waals surface area contributed by atoms with Gasteiger partial charge < -0.3 is 10.2 Å². The third kappa shape index (κ3) is 4.35. The molecule has 0 aromatic heterocycles. The second-order valence-electron chi connectivity index (χ2n) is 6.52. The zero-order valence-corrected chi connectivity index (χ0v) is 13.3. The second kappa shape index (κ2) is 7.49. The molecule has 2 fully saturated rings. The molecule has 2 rings (SSSR count). The largest absolute Gasteiger partial charge is 0.340 e. The van der Waals surface area contributed by atoms with Gasteiger partial charge in [0.15, 0.2) is 0 Å². The van der Waals surface area contributed by atoms with Crippen molar-refractivity contribution < 1.29 is 4.79 Å². The highest BCUT2D eigenvalue weighted by Crippen LogP contribution is 2.27. The number of carbonyl (C=O) groups excluding carboxylic acids is 1. The van der Waals surface area contributed by atoms with E-state index in [9.17, 15) is 4.79 Å². The fourth-order valence-electron chi connectivity index (χ4n) is 3.57. The van der Waals surface area contributed by atoms with Crippen LogP contribution in [-0.4, -0.2) is 36.5 Å². The first-order valence-corrected chi connectivity index (χ1v) is 7.58. The van der Waals surface area contributed by atoms with Crippen molar-refractivity contribution in [1.29, 1.82) is 0 Å². The molecular weight excluding hydrogens is 260 g/mol. The third-order valence-corrected chi connectivity index (χ3v) is 4.74. The van der Waals surface area contributed by atoms with E-state index in [1.807, 2.05) is 0 Å². The van der Waals surface area contributed by atoms with Crippen molar-refractivity contribution in [2.24, 2.45) is 17.8 Å². The number of likely N-dealkylation sites (tertiary alicyclic amines) is 1. The Labute approximate surface area is 123 Å². The van der Waals surface area contributed by atoms with Crippen LogP contribution in [0.2, 0.25) is 0 Å². The Hall–Kier alpha value is -0.280. The minimum atomic E-state index is 0. The zero-order valence-electron chi connectivity index (χ0n) is 12.5. The average Bonchev–Trinajstić information content (AvgIpc) is 2.69. The van der Waals surface area contributed by atoms with Crippen molar-refractivity contribution in [3.8, 4) is 0 Å². The molecule has 4 atom stereocenters. The minimum absolute atomic E-state index is 0. The molecule has 2 aliphatic rings. The Bertz CT molecular complexity index is 292. The van der Waals surface area contributed by atoms with E-state index in [2.05, 4.69) is 31.0 Å². The first kappa shape index (κ1) is 16.8. The highest BCUT2D eigenvalue weighted by molar-refractivity contribution is 5.85. The monoisotopic (exact) mass is 288 g/mol. The molecule has 2 saturated heterocycles. The molecule has 2 aliphatic heterocycles. The zero-order chi connectivity index (χ0) is 13.1. The lowest BCUT2D eigenvalue weighted by Crippen LogP contribution is -2.38. The average molecular weight is 289 g/mol. The van der Waals surface area contributed by atoms with Crippen LogP contribution in [0.15, 0.2) is 0 Å². The maximum Gasteiger partial charge on any atom is 0.223 e. The lowest BCUT2D eigenvalue weighted by molar-refractivity contribution is -0.133. The van der Waals surface area contributed by atoms with Gasteiger partial charge in [-0.2, -0.15) is 0 Å². The van der Waals surface area contributed by atoms with Gasteiger partial charge in [-0.15, -0.1) is 12.4 Å². The molecule has 0 bridgehead atoms. The number of nitrogens with one attached hydrogen (secondary N) is 1. The number of hydrogen-bond acceptors (Lipinski definition) is 2. The Morgan fingerprint density at radius 1 is 1.42 bits per heavy atom. The quantitative estimate of drug-likeness (QED) is 0.866. The Morgan fingerprint density at radius 3 is 2.68 bits per heavy atom. The SMILES string of the molecule is CC1CC(C)N(C(=O)CC(C)C2CCCNC2)C1.Cl. The second-order valence-corrected chi connectivity index (χ2v) is 6.52. The number of amides is 1. The van der Waals surface area contributed by atoms with Crippen LogP contribution >= 0.6 is 12.4 Å². The maximum atomic E-state index is 12.4. The van der Waals surface area contributed by atoms with E-state index in [1.54, 1.807) is 0 Å². The van der Waals surface area contributed by atoms with Crippen LogP contribution in [-0.2, 0) is 4.79 Å². The van der Waals surface area contributed by atoms with Crippen molar-refractivity contribution >= 4 is 18.3 Å². The topological polar surface area (TPSA) is 32.3 Å². The van der Waals surface area contributed by atoms with Crippen LogP contribution in [0.5, 0.6) is 0 Å². The lowest BCUT2D eigenvalue weighted by Gasteiger charge is -2.30. The van der Waals surface area contributed by atoms with Gasteiger partial charge in [-0.25, -0.2) is 0 Å². The first-order valence-electron chi connectivity index (χ1n) is 7.58. The van der Waals surface area contributed by atoms with Gasteiger partial charge in [0.1, 0.15) is 0 Å². The van der Waals surface area contributed by atoms with Crippen LogP contribution in [0.25, 0.3) is 0 Å². The minimum Gasteiger partial charge on any atom is -0.340 e. The summed E-state index contributed by atoms with van der Waals surface area (Å²) < 4.78 is 0. The number of rotatable bonds is 3. The molecule has 1 N–H and O–H groups in total. The fraction of sp³-hybridized carbons (Fsp3) is 0.933. The summed E-state index contributed by atoms with van der Waals surface area (Å²) in [7, 11) is 0. The maximum absolute atomic E-state index is 12.4. The highest BCUT2D eigenvalue weighted by atomic mass is 35.5. The summed E-state index contributed by atoms with van der Waals surface area (Å²) in [5.74, 6) is 2.27. The van der Waals surface area contributed by atoms with Crippen molar-refractivity contribution in [2.45, 2.75) is 52.5 Å². The van der Waals surface area contributed by atoms with Gasteiger partial charge in [-0.1, -0.05) is 13.8 Å². The van der Waals surface area contributed by atoms with E-state index in [0.29, 0.717) is 29.7 Å². The number of piperidine rings is 1. The molecule has 0 saturated carbocycles. The van der Waals surface area contributed by atoms with Crippen molar-refractivity contribution in [1.82, 2.24) is 10.2 Å². The molecule has 0 aromatic rings. The Kier molecular flexibility index (Phi) is 6.61. The van der Waals surface area contributed by atoms with Gasteiger partial charge in [-0.3, -0.25) is 4.79 Å². The molecular formula is C15H29ClN2O. The predicted octanol–water partition coefficient (Wildman–Crippen LogP) is 2.69. The summed E-state index contributed by atoms with van der Waals surface area (Å²) in [5.41, 5.74) is 0. The molecule has 0 spiro atoms. The molecule has 0 aromatic carbocycles. The molecule has 19 heavy (non-hydrogen) atoms. The van der Waals surface area contributed by atoms with Gasteiger partial charge >= 0.3 is 0 Å². The standard InChI is InChI=1S/C15H28N2O.ClH/c1-11-7-13(3)17(10-11)15(18)8-12(2)14-5-4-6-16-9-14;/h11-14,16H,4-10H2,1-3H3;1H. The van der Waals surface area contributed by atoms with Crippen LogP contribution < -0.4 is 5.32 Å². The smallest absolute Gasteiger partial charge is 0.223 e. The number of hydrogen-bond donors (Lipinski definition) is 1. The molecule has 3 nitrogen and oxygen atoms in total. The van der Waals surface area contributed by atoms with E-state index >= 15 is 0 Å². The van der Waals surface area contributed by atoms with E-state index < -0.39 is 0 Å². The summed E-state index contributed by atoms with van der Waals surface area (Å²) >= 11 is 0. The van der Waals surface area contributed by atoms with Crippen LogP contribution in [0.4, 0.5) is 0 Å². The Morgan fingerprint density at radius 2 is 2.16 bits per heavy atom. The summed E-state index contributed by atoms with van der Waals surface area (Å²) in [4.78, 5) is 14.5. The molecule has 4 heteroatoms. The molecule has 0 aliphatic carbocycles. The van der Waals surface area contributed by atoms with E-state index in [1.165, 1.54) is 19.3 Å². The van der Waals surface area contributed by atoms with Crippen LogP contribution in [0.1, 0.15) is 46.5 Å². The highest BCUT2D eigenvalue weighted by Gasteiger charge is 2.31. The van der Waals surface area contributed by atoms with Crippen molar-refractivity contribution in [2.75, 3.05) is 19.6 Å². The van der Waals surface area contributed by atoms with Gasteiger partial charge in [0.2, 0.25) is 5.91 Å². The lowest BCUT2D eigenvalue weighted by atomic mass is 9.85. The molecule has 2 heterocycles. The van der Waals surface area contributed by atoms with Gasteiger partial charge in [0.25, 0.3) is 0 Å². The summed E-state index contributed by atoms with van der Waals surface area (Å²) in [5, 5.41) is 3.45. The molecule has 4 unspecified atom stereocenters. The molecule has 1 amide bonds. The normalized spacial score (nSPS) is 32.8. The third-order valence-electron chi connectivity index (χ3n) is 4.74. The van der Waals surface area contributed by atoms with E-state index in [-0.39, 0.29) is 12.4 Å². The summed E-state index contributed by atoms with van der Waals surface area (Å²) in [6.07, 6.45) is 4.46. The van der Waals surface area contributed by atoms with Gasteiger partial charge in [-0.05, 0) is 57.0 Å². The number of nitrogens with zero attached hydrogens (tertiary/aromatic N) is 1.